The number of methoxy groups -OCH3 is 1. The molecule has 1 amide bonds. The number of nitrogens with one attached hydrogen (secondary N) is 1. The van der Waals surface area contributed by atoms with E-state index >= 15 is 0 Å². The molecule has 0 radical (unpaired) electrons. The Labute approximate surface area is 171 Å². The molecule has 2 aromatic carbocycles. The molecule has 0 heterocycles. The van der Waals surface area contributed by atoms with E-state index in [4.69, 9.17) is 15.6 Å². The Morgan fingerprint density at radius 2 is 1.83 bits per heavy atom. The lowest BCUT2D eigenvalue weighted by atomic mass is 10.1. The van der Waals surface area contributed by atoms with Crippen LogP contribution in [0.3, 0.4) is 0 Å². The van der Waals surface area contributed by atoms with Crippen LogP contribution in [-0.4, -0.2) is 37.2 Å². The average molecular weight is 394 g/mol. The Bertz CT molecular complexity index is 847. The van der Waals surface area contributed by atoms with E-state index in [1.54, 1.807) is 18.2 Å². The van der Waals surface area contributed by atoms with Gasteiger partial charge in [0.05, 0.1) is 13.7 Å². The second-order valence-electron chi connectivity index (χ2n) is 6.02. The first-order valence-electron chi connectivity index (χ1n) is 8.99. The fourth-order valence-electron chi connectivity index (χ4n) is 2.07. The molecule has 6 nitrogen and oxygen atoms in total. The number of hydrogen-bond acceptors (Lipinski definition) is 5. The molecule has 0 aliphatic heterocycles. The number of allylic oxidation sites excluding steroid dienone is 1. The summed E-state index contributed by atoms with van der Waals surface area (Å²) >= 11 is 0. The summed E-state index contributed by atoms with van der Waals surface area (Å²) in [4.78, 5) is 20.9. The summed E-state index contributed by atoms with van der Waals surface area (Å²) in [7, 11) is 1.31. The van der Waals surface area contributed by atoms with Crippen LogP contribution in [0.2, 0.25) is 0 Å². The molecule has 0 spiro atoms. The molecule has 0 aliphatic rings. The standard InChI is InChI=1S/C21H22N2O2.C2H4O2/c1-16(14-22)23-21(25)20-12-10-18(11-13-20)5-3-2-4-17-6-8-19(15-24)9-7-17;1-4-2-3/h2,4,6-13,16,24H,14-15,22H2,1H3,(H,23,25);2H,1H3/b4-2+;. The largest absolute Gasteiger partial charge is 0.471 e. The lowest BCUT2D eigenvalue weighted by Gasteiger charge is -2.10. The van der Waals surface area contributed by atoms with Crippen molar-refractivity contribution < 1.29 is 19.4 Å². The molecule has 0 saturated carbocycles. The predicted molar refractivity (Wildman–Crippen MR) is 114 cm³/mol. The highest BCUT2D eigenvalue weighted by molar-refractivity contribution is 5.94. The van der Waals surface area contributed by atoms with E-state index in [2.05, 4.69) is 21.9 Å². The van der Waals surface area contributed by atoms with Gasteiger partial charge in [0.2, 0.25) is 0 Å². The first-order chi connectivity index (χ1) is 14.0. The fraction of sp³-hybridized carbons (Fsp3) is 0.217. The molecular weight excluding hydrogens is 368 g/mol. The van der Waals surface area contributed by atoms with E-state index in [0.717, 1.165) is 16.7 Å². The van der Waals surface area contributed by atoms with Crippen LogP contribution in [0.15, 0.2) is 54.6 Å². The molecule has 0 bridgehead atoms. The fourth-order valence-corrected chi connectivity index (χ4v) is 2.07. The summed E-state index contributed by atoms with van der Waals surface area (Å²) in [6.07, 6.45) is 3.68. The molecular formula is C23H26N2O4. The Hall–Kier alpha value is -3.40. The second-order valence-corrected chi connectivity index (χ2v) is 6.02. The maximum atomic E-state index is 12.0. The van der Waals surface area contributed by atoms with E-state index in [0.29, 0.717) is 18.6 Å². The monoisotopic (exact) mass is 394 g/mol. The van der Waals surface area contributed by atoms with E-state index in [1.165, 1.54) is 7.11 Å². The van der Waals surface area contributed by atoms with Gasteiger partial charge in [0.25, 0.3) is 12.4 Å². The molecule has 0 aromatic heterocycles. The number of amides is 1. The van der Waals surface area contributed by atoms with Crippen molar-refractivity contribution in [3.8, 4) is 11.8 Å². The summed E-state index contributed by atoms with van der Waals surface area (Å²) < 4.78 is 3.86. The Kier molecular flexibility index (Phi) is 11.2. The molecule has 0 aliphatic carbocycles. The molecule has 6 heteroatoms. The van der Waals surface area contributed by atoms with Crippen LogP contribution in [0.5, 0.6) is 0 Å². The van der Waals surface area contributed by atoms with Crippen molar-refractivity contribution in [2.45, 2.75) is 19.6 Å². The number of ether oxygens (including phenoxy) is 1. The molecule has 2 aromatic rings. The number of hydrogen-bond donors (Lipinski definition) is 3. The zero-order valence-electron chi connectivity index (χ0n) is 16.6. The molecule has 4 N–H and O–H groups in total. The van der Waals surface area contributed by atoms with E-state index < -0.39 is 0 Å². The van der Waals surface area contributed by atoms with Crippen LogP contribution >= 0.6 is 0 Å². The van der Waals surface area contributed by atoms with Gasteiger partial charge in [-0.2, -0.15) is 0 Å². The predicted octanol–water partition coefficient (Wildman–Crippen LogP) is 2.11. The Morgan fingerprint density at radius 3 is 2.34 bits per heavy atom. The normalized spacial score (nSPS) is 10.8. The van der Waals surface area contributed by atoms with Crippen LogP contribution < -0.4 is 11.1 Å². The van der Waals surface area contributed by atoms with Gasteiger partial charge in [0.1, 0.15) is 0 Å². The summed E-state index contributed by atoms with van der Waals surface area (Å²) in [5.74, 6) is 5.86. The lowest BCUT2D eigenvalue weighted by Crippen LogP contribution is -2.37. The van der Waals surface area contributed by atoms with Gasteiger partial charge < -0.3 is 20.9 Å². The minimum absolute atomic E-state index is 0.0446. The molecule has 152 valence electrons. The van der Waals surface area contributed by atoms with Crippen molar-refractivity contribution in [3.63, 3.8) is 0 Å². The van der Waals surface area contributed by atoms with E-state index in [1.807, 2.05) is 49.4 Å². The van der Waals surface area contributed by atoms with Gasteiger partial charge in [-0.1, -0.05) is 36.1 Å². The van der Waals surface area contributed by atoms with E-state index in [9.17, 15) is 4.79 Å². The maximum Gasteiger partial charge on any atom is 0.292 e. The molecule has 2 rings (SSSR count). The minimum atomic E-state index is -0.135. The summed E-state index contributed by atoms with van der Waals surface area (Å²) in [6.45, 7) is 2.69. The average Bonchev–Trinajstić information content (AvgIpc) is 2.77. The molecule has 0 fully saturated rings. The van der Waals surface area contributed by atoms with Crippen molar-refractivity contribution in [2.75, 3.05) is 13.7 Å². The number of aliphatic hydroxyl groups excluding tert-OH is 1. The maximum absolute atomic E-state index is 12.0. The van der Waals surface area contributed by atoms with Crippen LogP contribution in [0.4, 0.5) is 0 Å². The Morgan fingerprint density at radius 1 is 1.21 bits per heavy atom. The third kappa shape index (κ3) is 9.38. The number of carbonyl (C=O) groups excluding carboxylic acids is 2. The van der Waals surface area contributed by atoms with Gasteiger partial charge in [-0.05, 0) is 54.5 Å². The van der Waals surface area contributed by atoms with Gasteiger partial charge in [0, 0.05) is 23.7 Å². The summed E-state index contributed by atoms with van der Waals surface area (Å²) in [5, 5.41) is 11.8. The van der Waals surface area contributed by atoms with Gasteiger partial charge in [-0.3, -0.25) is 9.59 Å². The minimum Gasteiger partial charge on any atom is -0.471 e. The number of benzene rings is 2. The number of aliphatic hydroxyl groups is 1. The lowest BCUT2D eigenvalue weighted by molar-refractivity contribution is -0.126. The first kappa shape index (κ1) is 23.6. The first-order valence-corrected chi connectivity index (χ1v) is 8.99. The third-order valence-electron chi connectivity index (χ3n) is 3.71. The highest BCUT2D eigenvalue weighted by Crippen LogP contribution is 2.06. The molecule has 29 heavy (non-hydrogen) atoms. The Balaban J connectivity index is 0.000000960. The van der Waals surface area contributed by atoms with Crippen LogP contribution in [-0.2, 0) is 16.1 Å². The topological polar surface area (TPSA) is 102 Å². The molecule has 0 saturated heterocycles. The van der Waals surface area contributed by atoms with Gasteiger partial charge >= 0.3 is 0 Å². The SMILES string of the molecule is CC(CN)NC(=O)c1ccc(C#C/C=C/c2ccc(CO)cc2)cc1.COC=O. The van der Waals surface area contributed by atoms with Crippen molar-refractivity contribution in [3.05, 3.63) is 76.9 Å². The molecule has 1 atom stereocenters. The van der Waals surface area contributed by atoms with Gasteiger partial charge in [0.15, 0.2) is 0 Å². The smallest absolute Gasteiger partial charge is 0.292 e. The van der Waals surface area contributed by atoms with E-state index in [-0.39, 0.29) is 18.6 Å². The number of rotatable bonds is 6. The van der Waals surface area contributed by atoms with Crippen LogP contribution in [0.25, 0.3) is 6.08 Å². The van der Waals surface area contributed by atoms with Crippen molar-refractivity contribution >= 4 is 18.5 Å². The highest BCUT2D eigenvalue weighted by atomic mass is 16.5. The zero-order valence-corrected chi connectivity index (χ0v) is 16.6. The second kappa shape index (κ2) is 13.7. The summed E-state index contributed by atoms with van der Waals surface area (Å²) in [5.41, 5.74) is 8.83. The summed E-state index contributed by atoms with van der Waals surface area (Å²) in [6, 6.07) is 14.7. The van der Waals surface area contributed by atoms with Gasteiger partial charge in [-0.25, -0.2) is 0 Å². The van der Waals surface area contributed by atoms with Crippen LogP contribution in [0, 0.1) is 11.8 Å². The van der Waals surface area contributed by atoms with Gasteiger partial charge in [-0.15, -0.1) is 0 Å². The van der Waals surface area contributed by atoms with Crippen LogP contribution in [0.1, 0.15) is 34.0 Å². The van der Waals surface area contributed by atoms with Crippen molar-refractivity contribution in [1.82, 2.24) is 5.32 Å². The number of nitrogens with two attached hydrogens (primary N) is 1. The molecule has 1 unspecified atom stereocenters. The third-order valence-corrected chi connectivity index (χ3v) is 3.71. The zero-order chi connectivity index (χ0) is 21.5. The highest BCUT2D eigenvalue weighted by Gasteiger charge is 2.07. The van der Waals surface area contributed by atoms with Crippen molar-refractivity contribution in [1.29, 1.82) is 0 Å². The quantitative estimate of drug-likeness (QED) is 0.515. The number of carbonyl (C=O) groups is 2. The van der Waals surface area contributed by atoms with Crippen molar-refractivity contribution in [2.24, 2.45) is 5.73 Å².